The van der Waals surface area contributed by atoms with Crippen LogP contribution in [0.3, 0.4) is 0 Å². The van der Waals surface area contributed by atoms with Crippen LogP contribution in [0.25, 0.3) is 0 Å². The van der Waals surface area contributed by atoms with Gasteiger partial charge in [-0.1, -0.05) is 36.8 Å². The van der Waals surface area contributed by atoms with Crippen LogP contribution in [-0.2, 0) is 6.42 Å². The van der Waals surface area contributed by atoms with Crippen LogP contribution in [0.15, 0.2) is 46.9 Å². The summed E-state index contributed by atoms with van der Waals surface area (Å²) in [6.45, 7) is 4.05. The van der Waals surface area contributed by atoms with E-state index >= 15 is 0 Å². The number of anilines is 1. The summed E-state index contributed by atoms with van der Waals surface area (Å²) in [6.07, 6.45) is 0.894. The summed E-state index contributed by atoms with van der Waals surface area (Å²) in [5.41, 5.74) is 3.74. The molecule has 0 unspecified atom stereocenters. The number of nitrogens with one attached hydrogen (secondary N) is 1. The van der Waals surface area contributed by atoms with Gasteiger partial charge >= 0.3 is 0 Å². The second kappa shape index (κ2) is 6.02. The van der Waals surface area contributed by atoms with Gasteiger partial charge in [0.2, 0.25) is 0 Å². The third-order valence-electron chi connectivity index (χ3n) is 3.01. The zero-order valence-electron chi connectivity index (χ0n) is 11.0. The highest BCUT2D eigenvalue weighted by molar-refractivity contribution is 9.10. The number of aryl methyl sites for hydroxylation is 2. The van der Waals surface area contributed by atoms with Gasteiger partial charge in [0.25, 0.3) is 5.91 Å². The molecule has 2 nitrogen and oxygen atoms in total. The van der Waals surface area contributed by atoms with Crippen LogP contribution in [0, 0.1) is 6.92 Å². The third kappa shape index (κ3) is 3.24. The SMILES string of the molecule is CCc1ccccc1NC(=O)c1cc(C)ccc1Br. The summed E-state index contributed by atoms with van der Waals surface area (Å²) >= 11 is 3.42. The topological polar surface area (TPSA) is 29.1 Å². The Morgan fingerprint density at radius 3 is 2.68 bits per heavy atom. The number of carbonyl (C=O) groups excluding carboxylic acids is 1. The molecule has 0 spiro atoms. The van der Waals surface area contributed by atoms with Crippen molar-refractivity contribution in [2.45, 2.75) is 20.3 Å². The van der Waals surface area contributed by atoms with Crippen molar-refractivity contribution in [3.05, 3.63) is 63.6 Å². The molecule has 0 atom stereocenters. The molecule has 0 bridgehead atoms. The maximum atomic E-state index is 12.3. The molecule has 0 saturated heterocycles. The predicted octanol–water partition coefficient (Wildman–Crippen LogP) is 4.57. The van der Waals surface area contributed by atoms with Gasteiger partial charge in [-0.25, -0.2) is 0 Å². The quantitative estimate of drug-likeness (QED) is 0.882. The van der Waals surface area contributed by atoms with Gasteiger partial charge in [-0.3, -0.25) is 4.79 Å². The van der Waals surface area contributed by atoms with Crippen LogP contribution in [0.1, 0.15) is 28.4 Å². The van der Waals surface area contributed by atoms with Gasteiger partial charge in [0.05, 0.1) is 5.56 Å². The van der Waals surface area contributed by atoms with Gasteiger partial charge in [-0.05, 0) is 53.0 Å². The lowest BCUT2D eigenvalue weighted by molar-refractivity contribution is 0.102. The average Bonchev–Trinajstić information content (AvgIpc) is 2.42. The molecule has 0 heterocycles. The summed E-state index contributed by atoms with van der Waals surface area (Å²) in [5.74, 6) is -0.0866. The van der Waals surface area contributed by atoms with E-state index in [0.717, 1.165) is 27.7 Å². The van der Waals surface area contributed by atoms with Crippen LogP contribution in [0.5, 0.6) is 0 Å². The number of hydrogen-bond acceptors (Lipinski definition) is 1. The van der Waals surface area contributed by atoms with Gasteiger partial charge in [0, 0.05) is 10.2 Å². The zero-order chi connectivity index (χ0) is 13.8. The first-order valence-corrected chi connectivity index (χ1v) is 7.06. The highest BCUT2D eigenvalue weighted by Gasteiger charge is 2.11. The molecule has 0 radical (unpaired) electrons. The van der Waals surface area contributed by atoms with Crippen LogP contribution in [0.2, 0.25) is 0 Å². The average molecular weight is 318 g/mol. The molecule has 2 aromatic carbocycles. The summed E-state index contributed by atoms with van der Waals surface area (Å²) in [5, 5.41) is 2.98. The van der Waals surface area contributed by atoms with Crippen molar-refractivity contribution in [3.8, 4) is 0 Å². The van der Waals surface area contributed by atoms with E-state index in [1.54, 1.807) is 0 Å². The van der Waals surface area contributed by atoms with Crippen molar-refractivity contribution in [2.24, 2.45) is 0 Å². The minimum absolute atomic E-state index is 0.0866. The van der Waals surface area contributed by atoms with E-state index in [-0.39, 0.29) is 5.91 Å². The number of rotatable bonds is 3. The van der Waals surface area contributed by atoms with Gasteiger partial charge in [0.15, 0.2) is 0 Å². The van der Waals surface area contributed by atoms with E-state index < -0.39 is 0 Å². The molecular formula is C16H16BrNO. The van der Waals surface area contributed by atoms with Crippen molar-refractivity contribution in [1.82, 2.24) is 0 Å². The molecule has 19 heavy (non-hydrogen) atoms. The standard InChI is InChI=1S/C16H16BrNO/c1-3-12-6-4-5-7-15(12)18-16(19)13-10-11(2)8-9-14(13)17/h4-10H,3H2,1-2H3,(H,18,19). The molecule has 1 N–H and O–H groups in total. The molecule has 1 amide bonds. The second-order valence-corrected chi connectivity index (χ2v) is 5.30. The molecule has 0 aliphatic rings. The smallest absolute Gasteiger partial charge is 0.256 e. The molecule has 0 aliphatic carbocycles. The first kappa shape index (κ1) is 13.8. The Balaban J connectivity index is 2.28. The van der Waals surface area contributed by atoms with Gasteiger partial charge in [0.1, 0.15) is 0 Å². The van der Waals surface area contributed by atoms with Gasteiger partial charge in [-0.15, -0.1) is 0 Å². The Morgan fingerprint density at radius 1 is 1.21 bits per heavy atom. The van der Waals surface area contributed by atoms with Crippen LogP contribution < -0.4 is 5.32 Å². The van der Waals surface area contributed by atoms with E-state index in [1.165, 1.54) is 0 Å². The fourth-order valence-electron chi connectivity index (χ4n) is 1.95. The van der Waals surface area contributed by atoms with Crippen molar-refractivity contribution in [2.75, 3.05) is 5.32 Å². The maximum absolute atomic E-state index is 12.3. The second-order valence-electron chi connectivity index (χ2n) is 4.45. The number of carbonyl (C=O) groups is 1. The van der Waals surface area contributed by atoms with Crippen molar-refractivity contribution >= 4 is 27.5 Å². The fraction of sp³-hybridized carbons (Fsp3) is 0.188. The normalized spacial score (nSPS) is 10.3. The van der Waals surface area contributed by atoms with Crippen molar-refractivity contribution in [1.29, 1.82) is 0 Å². The Morgan fingerprint density at radius 2 is 1.95 bits per heavy atom. The molecule has 2 rings (SSSR count). The number of hydrogen-bond donors (Lipinski definition) is 1. The third-order valence-corrected chi connectivity index (χ3v) is 3.70. The lowest BCUT2D eigenvalue weighted by Gasteiger charge is -2.11. The molecule has 0 fully saturated rings. The summed E-state index contributed by atoms with van der Waals surface area (Å²) in [6, 6.07) is 13.6. The lowest BCUT2D eigenvalue weighted by Crippen LogP contribution is -2.14. The molecule has 3 heteroatoms. The van der Waals surface area contributed by atoms with E-state index in [0.29, 0.717) is 5.56 Å². The molecule has 2 aromatic rings. The lowest BCUT2D eigenvalue weighted by atomic mass is 10.1. The van der Waals surface area contributed by atoms with E-state index in [9.17, 15) is 4.79 Å². The van der Waals surface area contributed by atoms with Crippen molar-refractivity contribution < 1.29 is 4.79 Å². The predicted molar refractivity (Wildman–Crippen MR) is 82.7 cm³/mol. The number of benzene rings is 2. The first-order chi connectivity index (χ1) is 9.11. The van der Waals surface area contributed by atoms with Crippen LogP contribution in [0.4, 0.5) is 5.69 Å². The summed E-state index contributed by atoms with van der Waals surface area (Å²) in [7, 11) is 0. The molecule has 0 saturated carbocycles. The number of para-hydroxylation sites is 1. The largest absolute Gasteiger partial charge is 0.322 e. The minimum atomic E-state index is -0.0866. The molecule has 0 aliphatic heterocycles. The van der Waals surface area contributed by atoms with Crippen LogP contribution in [-0.4, -0.2) is 5.91 Å². The summed E-state index contributed by atoms with van der Waals surface area (Å²) in [4.78, 5) is 12.3. The number of halogens is 1. The number of amides is 1. The Labute approximate surface area is 122 Å². The monoisotopic (exact) mass is 317 g/mol. The first-order valence-electron chi connectivity index (χ1n) is 6.27. The van der Waals surface area contributed by atoms with E-state index in [2.05, 4.69) is 28.2 Å². The highest BCUT2D eigenvalue weighted by Crippen LogP contribution is 2.21. The Hall–Kier alpha value is -1.61. The summed E-state index contributed by atoms with van der Waals surface area (Å²) < 4.78 is 0.810. The molecule has 0 aromatic heterocycles. The van der Waals surface area contributed by atoms with Gasteiger partial charge < -0.3 is 5.32 Å². The Kier molecular flexibility index (Phi) is 4.38. The van der Waals surface area contributed by atoms with Crippen LogP contribution >= 0.6 is 15.9 Å². The van der Waals surface area contributed by atoms with Crippen molar-refractivity contribution in [3.63, 3.8) is 0 Å². The highest BCUT2D eigenvalue weighted by atomic mass is 79.9. The maximum Gasteiger partial charge on any atom is 0.256 e. The fourth-order valence-corrected chi connectivity index (χ4v) is 2.38. The Bertz CT molecular complexity index is 607. The van der Waals surface area contributed by atoms with E-state index in [4.69, 9.17) is 0 Å². The minimum Gasteiger partial charge on any atom is -0.322 e. The van der Waals surface area contributed by atoms with Gasteiger partial charge in [-0.2, -0.15) is 0 Å². The zero-order valence-corrected chi connectivity index (χ0v) is 12.6. The molecular weight excluding hydrogens is 302 g/mol. The van der Waals surface area contributed by atoms with E-state index in [1.807, 2.05) is 49.4 Å². The molecule has 98 valence electrons.